The van der Waals surface area contributed by atoms with Crippen LogP contribution in [0.4, 0.5) is 10.5 Å². The highest BCUT2D eigenvalue weighted by atomic mass is 35.5. The maximum atomic E-state index is 12.6. The Kier molecular flexibility index (Phi) is 5.41. The molecule has 8 heteroatoms. The third kappa shape index (κ3) is 3.79. The van der Waals surface area contributed by atoms with Crippen molar-refractivity contribution in [1.29, 1.82) is 0 Å². The molecule has 1 aromatic rings. The third-order valence-corrected chi connectivity index (χ3v) is 5.97. The summed E-state index contributed by atoms with van der Waals surface area (Å²) in [5.74, 6) is -0.587. The maximum absolute atomic E-state index is 12.6. The van der Waals surface area contributed by atoms with Gasteiger partial charge in [-0.15, -0.1) is 0 Å². The molecule has 0 saturated carbocycles. The molecule has 0 aliphatic carbocycles. The van der Waals surface area contributed by atoms with Gasteiger partial charge in [-0.2, -0.15) is 0 Å². The van der Waals surface area contributed by atoms with Crippen LogP contribution in [0.2, 0.25) is 5.02 Å². The first-order valence-corrected chi connectivity index (χ1v) is 9.24. The second-order valence-electron chi connectivity index (χ2n) is 7.36. The van der Waals surface area contributed by atoms with Crippen LogP contribution in [0.25, 0.3) is 0 Å². The number of nitrogens with one attached hydrogen (secondary N) is 1. The number of halogens is 1. The van der Waals surface area contributed by atoms with Gasteiger partial charge >= 0.3 is 6.03 Å². The van der Waals surface area contributed by atoms with Crippen LogP contribution in [0.3, 0.4) is 0 Å². The van der Waals surface area contributed by atoms with Crippen molar-refractivity contribution in [1.82, 2.24) is 14.7 Å². The molecule has 3 N–H and O–H groups in total. The van der Waals surface area contributed by atoms with Crippen molar-refractivity contribution in [3.63, 3.8) is 0 Å². The van der Waals surface area contributed by atoms with E-state index in [0.717, 1.165) is 45.6 Å². The number of amides is 3. The molecule has 2 aliphatic heterocycles. The van der Waals surface area contributed by atoms with Crippen molar-refractivity contribution in [3.8, 4) is 0 Å². The molecule has 1 aromatic carbocycles. The molecule has 3 amide bonds. The average molecular weight is 380 g/mol. The maximum Gasteiger partial charge on any atom is 0.321 e. The molecular formula is C18H26ClN5O2. The first-order valence-electron chi connectivity index (χ1n) is 8.86. The van der Waals surface area contributed by atoms with Gasteiger partial charge in [0.05, 0.1) is 10.6 Å². The number of anilines is 1. The molecule has 3 rings (SSSR count). The number of nitrogens with zero attached hydrogens (tertiary/aromatic N) is 3. The zero-order chi connectivity index (χ0) is 18.9. The zero-order valence-electron chi connectivity index (χ0n) is 15.3. The first kappa shape index (κ1) is 18.9. The van der Waals surface area contributed by atoms with Crippen molar-refractivity contribution >= 4 is 29.2 Å². The lowest BCUT2D eigenvalue weighted by Crippen LogP contribution is -2.64. The Hall–Kier alpha value is -1.83. The number of urea groups is 1. The number of piperidine rings is 1. The van der Waals surface area contributed by atoms with Crippen molar-refractivity contribution < 1.29 is 9.59 Å². The molecule has 0 radical (unpaired) electrons. The standard InChI is InChI=1S/C18H26ClN5O2/c1-22-9-10-23(2)18(12-22)5-7-24(8-6-18)17(26)21-13-3-4-14(16(20)25)15(19)11-13/h3-4,11H,5-10,12H2,1-2H3,(H2,20,25)(H,21,26). The molecule has 2 fully saturated rings. The van der Waals surface area contributed by atoms with Crippen LogP contribution < -0.4 is 11.1 Å². The van der Waals surface area contributed by atoms with Crippen LogP contribution in [-0.4, -0.2) is 79.0 Å². The van der Waals surface area contributed by atoms with Gasteiger partial charge in [0, 0.05) is 44.0 Å². The number of likely N-dealkylation sites (N-methyl/N-ethyl adjacent to an activating group) is 2. The predicted molar refractivity (Wildman–Crippen MR) is 103 cm³/mol. The van der Waals surface area contributed by atoms with E-state index in [0.29, 0.717) is 5.69 Å². The van der Waals surface area contributed by atoms with Crippen LogP contribution in [0.1, 0.15) is 23.2 Å². The van der Waals surface area contributed by atoms with Crippen LogP contribution >= 0.6 is 11.6 Å². The molecule has 1 spiro atoms. The van der Waals surface area contributed by atoms with E-state index in [4.69, 9.17) is 17.3 Å². The second kappa shape index (κ2) is 7.42. The molecular weight excluding hydrogens is 354 g/mol. The van der Waals surface area contributed by atoms with Crippen molar-refractivity contribution in [2.45, 2.75) is 18.4 Å². The molecule has 26 heavy (non-hydrogen) atoms. The van der Waals surface area contributed by atoms with Gasteiger partial charge in [0.1, 0.15) is 0 Å². The molecule has 142 valence electrons. The summed E-state index contributed by atoms with van der Waals surface area (Å²) in [6.07, 6.45) is 1.92. The van der Waals surface area contributed by atoms with E-state index in [1.807, 2.05) is 4.90 Å². The van der Waals surface area contributed by atoms with E-state index in [1.165, 1.54) is 6.07 Å². The monoisotopic (exact) mass is 379 g/mol. The van der Waals surface area contributed by atoms with E-state index in [-0.39, 0.29) is 22.2 Å². The highest BCUT2D eigenvalue weighted by molar-refractivity contribution is 6.34. The Morgan fingerprint density at radius 1 is 1.15 bits per heavy atom. The lowest BCUT2D eigenvalue weighted by atomic mass is 9.84. The normalized spacial score (nSPS) is 21.0. The number of nitrogens with two attached hydrogens (primary N) is 1. The summed E-state index contributed by atoms with van der Waals surface area (Å²) in [6.45, 7) is 4.63. The van der Waals surface area contributed by atoms with Gasteiger partial charge in [0.2, 0.25) is 5.91 Å². The number of primary amides is 1. The minimum atomic E-state index is -0.587. The van der Waals surface area contributed by atoms with Crippen molar-refractivity contribution in [3.05, 3.63) is 28.8 Å². The van der Waals surface area contributed by atoms with Crippen LogP contribution in [0.15, 0.2) is 18.2 Å². The van der Waals surface area contributed by atoms with E-state index in [9.17, 15) is 9.59 Å². The highest BCUT2D eigenvalue weighted by Crippen LogP contribution is 2.31. The summed E-state index contributed by atoms with van der Waals surface area (Å²) in [4.78, 5) is 30.5. The van der Waals surface area contributed by atoms with E-state index < -0.39 is 5.91 Å². The summed E-state index contributed by atoms with van der Waals surface area (Å²) >= 11 is 6.04. The number of carbonyl (C=O) groups excluding carboxylic acids is 2. The molecule has 0 aromatic heterocycles. The van der Waals surface area contributed by atoms with Gasteiger partial charge in [-0.05, 0) is 45.1 Å². The summed E-state index contributed by atoms with van der Waals surface area (Å²) in [5.41, 5.74) is 6.21. The smallest absolute Gasteiger partial charge is 0.321 e. The molecule has 0 bridgehead atoms. The quantitative estimate of drug-likeness (QED) is 0.819. The Morgan fingerprint density at radius 2 is 1.85 bits per heavy atom. The van der Waals surface area contributed by atoms with Gasteiger partial charge in [-0.1, -0.05) is 11.6 Å². The van der Waals surface area contributed by atoms with Crippen LogP contribution in [0.5, 0.6) is 0 Å². The summed E-state index contributed by atoms with van der Waals surface area (Å²) in [6, 6.07) is 4.57. The second-order valence-corrected chi connectivity index (χ2v) is 7.77. The minimum absolute atomic E-state index is 0.144. The molecule has 2 aliphatic rings. The summed E-state index contributed by atoms with van der Waals surface area (Å²) < 4.78 is 0. The molecule has 2 heterocycles. The molecule has 0 atom stereocenters. The molecule has 2 saturated heterocycles. The topological polar surface area (TPSA) is 81.9 Å². The van der Waals surface area contributed by atoms with Crippen molar-refractivity contribution in [2.75, 3.05) is 52.1 Å². The minimum Gasteiger partial charge on any atom is -0.366 e. The number of hydrogen-bond acceptors (Lipinski definition) is 4. The number of carbonyl (C=O) groups is 2. The average Bonchev–Trinajstić information content (AvgIpc) is 2.59. The first-order chi connectivity index (χ1) is 12.3. The predicted octanol–water partition coefficient (Wildman–Crippen LogP) is 1.68. The van der Waals surface area contributed by atoms with E-state index >= 15 is 0 Å². The van der Waals surface area contributed by atoms with Crippen LogP contribution in [0, 0.1) is 0 Å². The van der Waals surface area contributed by atoms with Gasteiger partial charge in [0.25, 0.3) is 0 Å². The number of rotatable bonds is 2. The Bertz CT molecular complexity index is 703. The number of hydrogen-bond donors (Lipinski definition) is 2. The zero-order valence-corrected chi connectivity index (χ0v) is 16.1. The van der Waals surface area contributed by atoms with Crippen LogP contribution in [-0.2, 0) is 0 Å². The summed E-state index contributed by atoms with van der Waals surface area (Å²) in [7, 11) is 4.35. The Labute approximate surface area is 159 Å². The SMILES string of the molecule is CN1CCN(C)C2(CCN(C(=O)Nc3ccc(C(N)=O)c(Cl)c3)CC2)C1. The fourth-order valence-electron chi connectivity index (χ4n) is 3.92. The molecule has 0 unspecified atom stereocenters. The van der Waals surface area contributed by atoms with E-state index in [2.05, 4.69) is 29.2 Å². The van der Waals surface area contributed by atoms with Gasteiger partial charge in [-0.3, -0.25) is 9.69 Å². The Morgan fingerprint density at radius 3 is 2.46 bits per heavy atom. The van der Waals surface area contributed by atoms with Crippen molar-refractivity contribution in [2.24, 2.45) is 5.73 Å². The van der Waals surface area contributed by atoms with Gasteiger partial charge in [0.15, 0.2) is 0 Å². The number of likely N-dealkylation sites (tertiary alicyclic amines) is 1. The largest absolute Gasteiger partial charge is 0.366 e. The highest BCUT2D eigenvalue weighted by Gasteiger charge is 2.42. The lowest BCUT2D eigenvalue weighted by Gasteiger charge is -2.52. The number of piperazine rings is 1. The van der Waals surface area contributed by atoms with E-state index in [1.54, 1.807) is 12.1 Å². The number of benzene rings is 1. The third-order valence-electron chi connectivity index (χ3n) is 5.66. The Balaban J connectivity index is 1.60. The van der Waals surface area contributed by atoms with Gasteiger partial charge < -0.3 is 20.9 Å². The molecule has 7 nitrogen and oxygen atoms in total. The lowest BCUT2D eigenvalue weighted by molar-refractivity contribution is -0.0110. The fourth-order valence-corrected chi connectivity index (χ4v) is 4.19. The fraction of sp³-hybridized carbons (Fsp3) is 0.556. The van der Waals surface area contributed by atoms with Gasteiger partial charge in [-0.25, -0.2) is 4.79 Å². The summed E-state index contributed by atoms with van der Waals surface area (Å²) in [5, 5.41) is 3.09.